The molecule has 1 nitrogen and oxygen atoms in total. The Morgan fingerprint density at radius 3 is 2.18 bits per heavy atom. The first kappa shape index (κ1) is 10.9. The summed E-state index contributed by atoms with van der Waals surface area (Å²) in [7, 11) is -0.806. The highest BCUT2D eigenvalue weighted by atomic mass is 28.3. The van der Waals surface area contributed by atoms with Crippen LogP contribution in [-0.2, 0) is 4.79 Å². The van der Waals surface area contributed by atoms with Gasteiger partial charge in [0.15, 0.2) is 0 Å². The molecule has 11 heavy (non-hydrogen) atoms. The van der Waals surface area contributed by atoms with Gasteiger partial charge in [0.1, 0.15) is 6.29 Å². The van der Waals surface area contributed by atoms with Crippen molar-refractivity contribution in [3.63, 3.8) is 0 Å². The largest absolute Gasteiger partial charge is 0.303 e. The maximum atomic E-state index is 9.97. The van der Waals surface area contributed by atoms with Crippen LogP contribution in [0.15, 0.2) is 0 Å². The van der Waals surface area contributed by atoms with Crippen molar-refractivity contribution in [2.45, 2.75) is 51.4 Å². The summed E-state index contributed by atoms with van der Waals surface area (Å²) in [6, 6.07) is 1.41. The predicted molar refractivity (Wildman–Crippen MR) is 52.7 cm³/mol. The topological polar surface area (TPSA) is 17.1 Å². The second-order valence-electron chi connectivity index (χ2n) is 4.33. The fraction of sp³-hybridized carbons (Fsp3) is 0.889. The Labute approximate surface area is 71.2 Å². The van der Waals surface area contributed by atoms with Gasteiger partial charge in [0.25, 0.3) is 0 Å². The standard InChI is InChI=1S/C9H20OSi/c1-11(2,3)9-7-5-4-6-8-10/h8H,4-7,9H2,1-3H3. The summed E-state index contributed by atoms with van der Waals surface area (Å²) < 4.78 is 0. The summed E-state index contributed by atoms with van der Waals surface area (Å²) in [6.45, 7) is 7.19. The molecular weight excluding hydrogens is 152 g/mol. The zero-order chi connectivity index (χ0) is 8.74. The van der Waals surface area contributed by atoms with Gasteiger partial charge in [-0.15, -0.1) is 0 Å². The van der Waals surface area contributed by atoms with E-state index in [-0.39, 0.29) is 0 Å². The maximum Gasteiger partial charge on any atom is 0.119 e. The van der Waals surface area contributed by atoms with Crippen molar-refractivity contribution in [1.29, 1.82) is 0 Å². The molecule has 0 saturated carbocycles. The van der Waals surface area contributed by atoms with E-state index in [0.29, 0.717) is 0 Å². The normalized spacial score (nSPS) is 11.5. The van der Waals surface area contributed by atoms with Crippen LogP contribution in [0.25, 0.3) is 0 Å². The van der Waals surface area contributed by atoms with Gasteiger partial charge in [0, 0.05) is 14.5 Å². The number of carbonyl (C=O) groups excluding carboxylic acids is 1. The fourth-order valence-corrected chi connectivity index (χ4v) is 2.37. The van der Waals surface area contributed by atoms with Crippen molar-refractivity contribution < 1.29 is 4.79 Å². The molecule has 0 aliphatic carbocycles. The fourth-order valence-electron chi connectivity index (χ4n) is 1.06. The van der Waals surface area contributed by atoms with E-state index < -0.39 is 8.07 Å². The summed E-state index contributed by atoms with van der Waals surface area (Å²) in [5, 5.41) is 0. The van der Waals surface area contributed by atoms with Crippen LogP contribution >= 0.6 is 0 Å². The molecule has 0 aliphatic heterocycles. The molecule has 0 aromatic carbocycles. The molecule has 0 amide bonds. The lowest BCUT2D eigenvalue weighted by Gasteiger charge is -2.14. The molecule has 0 rings (SSSR count). The highest BCUT2D eigenvalue weighted by Gasteiger charge is 2.10. The average Bonchev–Trinajstić information content (AvgIpc) is 1.85. The van der Waals surface area contributed by atoms with Gasteiger partial charge in [-0.05, 0) is 6.42 Å². The molecule has 2 heteroatoms. The van der Waals surface area contributed by atoms with E-state index in [1.165, 1.54) is 18.9 Å². The molecule has 0 saturated heterocycles. The third-order valence-corrected chi connectivity index (χ3v) is 3.60. The summed E-state index contributed by atoms with van der Waals surface area (Å²) >= 11 is 0. The van der Waals surface area contributed by atoms with Gasteiger partial charge < -0.3 is 4.79 Å². The van der Waals surface area contributed by atoms with Gasteiger partial charge in [0.2, 0.25) is 0 Å². The van der Waals surface area contributed by atoms with Gasteiger partial charge >= 0.3 is 0 Å². The number of hydrogen-bond acceptors (Lipinski definition) is 1. The molecule has 0 N–H and O–H groups in total. The van der Waals surface area contributed by atoms with E-state index in [4.69, 9.17) is 0 Å². The molecule has 0 bridgehead atoms. The molecular formula is C9H20OSi. The third-order valence-electron chi connectivity index (χ3n) is 1.75. The second-order valence-corrected chi connectivity index (χ2v) is 9.95. The van der Waals surface area contributed by atoms with Crippen molar-refractivity contribution in [2.24, 2.45) is 0 Å². The van der Waals surface area contributed by atoms with Crippen molar-refractivity contribution >= 4 is 14.4 Å². The quantitative estimate of drug-likeness (QED) is 0.342. The maximum absolute atomic E-state index is 9.97. The smallest absolute Gasteiger partial charge is 0.119 e. The van der Waals surface area contributed by atoms with E-state index in [1.807, 2.05) is 0 Å². The van der Waals surface area contributed by atoms with Gasteiger partial charge in [-0.2, -0.15) is 0 Å². The summed E-state index contributed by atoms with van der Waals surface area (Å²) in [5.74, 6) is 0. The van der Waals surface area contributed by atoms with Crippen molar-refractivity contribution in [3.05, 3.63) is 0 Å². The van der Waals surface area contributed by atoms with Crippen molar-refractivity contribution in [2.75, 3.05) is 0 Å². The monoisotopic (exact) mass is 172 g/mol. The Hall–Kier alpha value is -0.113. The number of hydrogen-bond donors (Lipinski definition) is 0. The predicted octanol–water partition coefficient (Wildman–Crippen LogP) is 3.08. The van der Waals surface area contributed by atoms with Crippen LogP contribution in [0, 0.1) is 0 Å². The van der Waals surface area contributed by atoms with Crippen LogP contribution in [-0.4, -0.2) is 14.4 Å². The van der Waals surface area contributed by atoms with E-state index in [9.17, 15) is 4.79 Å². The molecule has 0 aliphatic rings. The molecule has 0 aromatic rings. The van der Waals surface area contributed by atoms with Gasteiger partial charge in [-0.3, -0.25) is 0 Å². The summed E-state index contributed by atoms with van der Waals surface area (Å²) in [4.78, 5) is 9.97. The minimum Gasteiger partial charge on any atom is -0.303 e. The SMILES string of the molecule is C[Si](C)(C)CCCCCC=O. The Morgan fingerprint density at radius 2 is 1.73 bits per heavy atom. The third kappa shape index (κ3) is 9.89. The van der Waals surface area contributed by atoms with Crippen LogP contribution in [0.1, 0.15) is 25.7 Å². The van der Waals surface area contributed by atoms with E-state index in [2.05, 4.69) is 19.6 Å². The van der Waals surface area contributed by atoms with Crippen LogP contribution in [0.5, 0.6) is 0 Å². The first-order valence-corrected chi connectivity index (χ1v) is 8.20. The number of unbranched alkanes of at least 4 members (excludes halogenated alkanes) is 3. The van der Waals surface area contributed by atoms with Crippen LogP contribution in [0.2, 0.25) is 25.7 Å². The lowest BCUT2D eigenvalue weighted by Crippen LogP contribution is -2.18. The molecule has 0 atom stereocenters. The van der Waals surface area contributed by atoms with Crippen LogP contribution < -0.4 is 0 Å². The summed E-state index contributed by atoms with van der Waals surface area (Å²) in [6.07, 6.45) is 5.43. The van der Waals surface area contributed by atoms with Crippen LogP contribution in [0.3, 0.4) is 0 Å². The number of aldehydes is 1. The van der Waals surface area contributed by atoms with E-state index in [1.54, 1.807) is 0 Å². The van der Waals surface area contributed by atoms with Gasteiger partial charge in [0.05, 0.1) is 0 Å². The average molecular weight is 172 g/mol. The van der Waals surface area contributed by atoms with E-state index >= 15 is 0 Å². The first-order valence-electron chi connectivity index (χ1n) is 4.50. The Bertz CT molecular complexity index is 105. The van der Waals surface area contributed by atoms with Crippen molar-refractivity contribution in [3.8, 4) is 0 Å². The highest BCUT2D eigenvalue weighted by molar-refractivity contribution is 6.76. The minimum absolute atomic E-state index is 0.756. The second kappa shape index (κ2) is 5.53. The molecule has 0 fully saturated rings. The van der Waals surface area contributed by atoms with Crippen molar-refractivity contribution in [1.82, 2.24) is 0 Å². The molecule has 0 unspecified atom stereocenters. The zero-order valence-electron chi connectivity index (χ0n) is 8.02. The number of rotatable bonds is 6. The summed E-state index contributed by atoms with van der Waals surface area (Å²) in [5.41, 5.74) is 0. The molecule has 0 spiro atoms. The van der Waals surface area contributed by atoms with Gasteiger partial charge in [-0.1, -0.05) is 38.5 Å². The highest BCUT2D eigenvalue weighted by Crippen LogP contribution is 2.13. The molecule has 0 heterocycles. The Balaban J connectivity index is 3.08. The zero-order valence-corrected chi connectivity index (χ0v) is 9.02. The number of carbonyl (C=O) groups is 1. The lowest BCUT2D eigenvalue weighted by molar-refractivity contribution is -0.107. The molecule has 0 aromatic heterocycles. The Morgan fingerprint density at radius 1 is 1.09 bits per heavy atom. The lowest BCUT2D eigenvalue weighted by atomic mass is 10.2. The Kier molecular flexibility index (Phi) is 5.47. The first-order chi connectivity index (χ1) is 5.06. The minimum atomic E-state index is -0.806. The van der Waals surface area contributed by atoms with Gasteiger partial charge in [-0.25, -0.2) is 0 Å². The van der Waals surface area contributed by atoms with Crippen LogP contribution in [0.4, 0.5) is 0 Å². The molecule has 0 radical (unpaired) electrons. The van der Waals surface area contributed by atoms with E-state index in [0.717, 1.165) is 19.1 Å². The molecule has 66 valence electrons.